The van der Waals surface area contributed by atoms with Crippen LogP contribution in [0.1, 0.15) is 28.7 Å². The van der Waals surface area contributed by atoms with Crippen molar-refractivity contribution in [2.45, 2.75) is 37.1 Å². The standard InChI is InChI=1S/C22H26N2O4S/c25-22(15-18-4-7-19-2-1-3-20(19)14-18)23-16-17-5-8-21(9-6-17)29(26,27)24-10-12-28-13-11-24/h4-9,14H,1-3,10-13,15-16H2,(H,23,25). The number of benzene rings is 2. The molecule has 0 spiro atoms. The van der Waals surface area contributed by atoms with Crippen LogP contribution in [0.4, 0.5) is 0 Å². The number of carbonyl (C=O) groups is 1. The van der Waals surface area contributed by atoms with Crippen LogP contribution in [0.15, 0.2) is 47.4 Å². The molecule has 1 aliphatic carbocycles. The molecule has 0 radical (unpaired) electrons. The summed E-state index contributed by atoms with van der Waals surface area (Å²) in [5.74, 6) is -0.0343. The lowest BCUT2D eigenvalue weighted by molar-refractivity contribution is -0.120. The summed E-state index contributed by atoms with van der Waals surface area (Å²) in [6.45, 7) is 1.98. The van der Waals surface area contributed by atoms with E-state index in [1.165, 1.54) is 21.9 Å². The highest BCUT2D eigenvalue weighted by atomic mass is 32.2. The lowest BCUT2D eigenvalue weighted by atomic mass is 10.0. The third-order valence-electron chi connectivity index (χ3n) is 5.55. The Hall–Kier alpha value is -2.22. The fourth-order valence-electron chi connectivity index (χ4n) is 3.90. The van der Waals surface area contributed by atoms with E-state index in [0.717, 1.165) is 24.0 Å². The van der Waals surface area contributed by atoms with Crippen molar-refractivity contribution < 1.29 is 17.9 Å². The van der Waals surface area contributed by atoms with E-state index >= 15 is 0 Å². The van der Waals surface area contributed by atoms with E-state index in [1.807, 2.05) is 6.07 Å². The van der Waals surface area contributed by atoms with Gasteiger partial charge in [-0.15, -0.1) is 0 Å². The second-order valence-corrected chi connectivity index (χ2v) is 9.51. The van der Waals surface area contributed by atoms with Crippen LogP contribution in [0, 0.1) is 0 Å². The molecule has 1 N–H and O–H groups in total. The summed E-state index contributed by atoms with van der Waals surface area (Å²) in [5, 5.41) is 2.92. The number of hydrogen-bond acceptors (Lipinski definition) is 4. The van der Waals surface area contributed by atoms with Crippen molar-refractivity contribution in [2.75, 3.05) is 26.3 Å². The molecular formula is C22H26N2O4S. The second kappa shape index (κ2) is 8.65. The third-order valence-corrected chi connectivity index (χ3v) is 7.46. The number of amides is 1. The first kappa shape index (κ1) is 20.1. The first-order valence-electron chi connectivity index (χ1n) is 10.1. The summed E-state index contributed by atoms with van der Waals surface area (Å²) in [7, 11) is -3.49. The summed E-state index contributed by atoms with van der Waals surface area (Å²) >= 11 is 0. The van der Waals surface area contributed by atoms with E-state index in [0.29, 0.717) is 39.3 Å². The van der Waals surface area contributed by atoms with E-state index in [4.69, 9.17) is 4.74 Å². The minimum absolute atomic E-state index is 0.0343. The van der Waals surface area contributed by atoms with Crippen LogP contribution in [0.25, 0.3) is 0 Å². The molecular weight excluding hydrogens is 388 g/mol. The number of hydrogen-bond donors (Lipinski definition) is 1. The smallest absolute Gasteiger partial charge is 0.243 e. The molecule has 0 aromatic heterocycles. The quantitative estimate of drug-likeness (QED) is 0.785. The number of sulfonamides is 1. The molecule has 0 atom stereocenters. The largest absolute Gasteiger partial charge is 0.379 e. The van der Waals surface area contributed by atoms with Crippen LogP contribution in [0.3, 0.4) is 0 Å². The van der Waals surface area contributed by atoms with Crippen LogP contribution < -0.4 is 5.32 Å². The van der Waals surface area contributed by atoms with Gasteiger partial charge in [-0.2, -0.15) is 4.31 Å². The van der Waals surface area contributed by atoms with Gasteiger partial charge in [-0.25, -0.2) is 8.42 Å². The van der Waals surface area contributed by atoms with Gasteiger partial charge >= 0.3 is 0 Å². The molecule has 1 heterocycles. The zero-order chi connectivity index (χ0) is 20.3. The van der Waals surface area contributed by atoms with Gasteiger partial charge in [-0.3, -0.25) is 4.79 Å². The average Bonchev–Trinajstić information content (AvgIpc) is 3.21. The molecule has 2 aliphatic rings. The SMILES string of the molecule is O=C(Cc1ccc2c(c1)CCC2)NCc1ccc(S(=O)(=O)N2CCOCC2)cc1. The number of morpholine rings is 1. The van der Waals surface area contributed by atoms with Crippen molar-refractivity contribution in [3.63, 3.8) is 0 Å². The Morgan fingerprint density at radius 3 is 2.41 bits per heavy atom. The van der Waals surface area contributed by atoms with Crippen LogP contribution in [0.2, 0.25) is 0 Å². The number of nitrogens with zero attached hydrogens (tertiary/aromatic N) is 1. The van der Waals surface area contributed by atoms with Crippen LogP contribution in [0.5, 0.6) is 0 Å². The minimum Gasteiger partial charge on any atom is -0.379 e. The van der Waals surface area contributed by atoms with E-state index in [2.05, 4.69) is 17.4 Å². The average molecular weight is 415 g/mol. The van der Waals surface area contributed by atoms with E-state index < -0.39 is 10.0 Å². The predicted octanol–water partition coefficient (Wildman–Crippen LogP) is 2.06. The van der Waals surface area contributed by atoms with Crippen molar-refractivity contribution in [1.82, 2.24) is 9.62 Å². The van der Waals surface area contributed by atoms with Gasteiger partial charge in [0.05, 0.1) is 24.5 Å². The molecule has 154 valence electrons. The summed E-state index contributed by atoms with van der Waals surface area (Å²) < 4.78 is 32.0. The fraction of sp³-hybridized carbons (Fsp3) is 0.409. The molecule has 29 heavy (non-hydrogen) atoms. The lowest BCUT2D eigenvalue weighted by Crippen LogP contribution is -2.40. The number of fused-ring (bicyclic) bond motifs is 1. The highest BCUT2D eigenvalue weighted by Crippen LogP contribution is 2.23. The highest BCUT2D eigenvalue weighted by molar-refractivity contribution is 7.89. The molecule has 7 heteroatoms. The Morgan fingerprint density at radius 2 is 1.66 bits per heavy atom. The predicted molar refractivity (Wildman–Crippen MR) is 110 cm³/mol. The van der Waals surface area contributed by atoms with Gasteiger partial charge in [0.1, 0.15) is 0 Å². The maximum absolute atomic E-state index is 12.6. The normalized spacial score (nSPS) is 17.1. The van der Waals surface area contributed by atoms with E-state index in [1.54, 1.807) is 24.3 Å². The van der Waals surface area contributed by atoms with Gasteiger partial charge in [0.15, 0.2) is 0 Å². The van der Waals surface area contributed by atoms with E-state index in [-0.39, 0.29) is 10.8 Å². The summed E-state index contributed by atoms with van der Waals surface area (Å²) in [6.07, 6.45) is 3.79. The molecule has 0 unspecified atom stereocenters. The maximum atomic E-state index is 12.6. The van der Waals surface area contributed by atoms with E-state index in [9.17, 15) is 13.2 Å². The Labute approximate surface area is 171 Å². The number of rotatable bonds is 6. The number of nitrogens with one attached hydrogen (secondary N) is 1. The zero-order valence-electron chi connectivity index (χ0n) is 16.4. The summed E-state index contributed by atoms with van der Waals surface area (Å²) in [5.41, 5.74) is 4.68. The lowest BCUT2D eigenvalue weighted by Gasteiger charge is -2.26. The van der Waals surface area contributed by atoms with Gasteiger partial charge in [0.25, 0.3) is 0 Å². The Balaban J connectivity index is 1.32. The van der Waals surface area contributed by atoms with Crippen LogP contribution in [-0.2, 0) is 45.4 Å². The van der Waals surface area contributed by atoms with Crippen LogP contribution >= 0.6 is 0 Å². The molecule has 1 amide bonds. The molecule has 6 nitrogen and oxygen atoms in total. The monoisotopic (exact) mass is 414 g/mol. The number of ether oxygens (including phenoxy) is 1. The van der Waals surface area contributed by atoms with Gasteiger partial charge in [-0.1, -0.05) is 30.3 Å². The van der Waals surface area contributed by atoms with Crippen molar-refractivity contribution in [1.29, 1.82) is 0 Å². The minimum atomic E-state index is -3.49. The van der Waals surface area contributed by atoms with Crippen LogP contribution in [-0.4, -0.2) is 44.9 Å². The molecule has 2 aromatic rings. The topological polar surface area (TPSA) is 75.7 Å². The second-order valence-electron chi connectivity index (χ2n) is 7.57. The first-order chi connectivity index (χ1) is 14.0. The highest BCUT2D eigenvalue weighted by Gasteiger charge is 2.26. The van der Waals surface area contributed by atoms with Crippen molar-refractivity contribution in [3.8, 4) is 0 Å². The molecule has 0 saturated carbocycles. The Kier molecular flexibility index (Phi) is 5.99. The summed E-state index contributed by atoms with van der Waals surface area (Å²) in [4.78, 5) is 12.6. The van der Waals surface area contributed by atoms with Crippen molar-refractivity contribution in [3.05, 3.63) is 64.7 Å². The van der Waals surface area contributed by atoms with Gasteiger partial charge in [-0.05, 0) is 53.6 Å². The fourth-order valence-corrected chi connectivity index (χ4v) is 5.31. The molecule has 1 aliphatic heterocycles. The first-order valence-corrected chi connectivity index (χ1v) is 11.5. The Bertz CT molecular complexity index is 980. The van der Waals surface area contributed by atoms with Gasteiger partial charge < -0.3 is 10.1 Å². The summed E-state index contributed by atoms with van der Waals surface area (Å²) in [6, 6.07) is 13.0. The molecule has 2 aromatic carbocycles. The maximum Gasteiger partial charge on any atom is 0.243 e. The molecule has 1 saturated heterocycles. The third kappa shape index (κ3) is 4.69. The Morgan fingerprint density at radius 1 is 0.966 bits per heavy atom. The van der Waals surface area contributed by atoms with Gasteiger partial charge in [0, 0.05) is 19.6 Å². The van der Waals surface area contributed by atoms with Crippen molar-refractivity contribution >= 4 is 15.9 Å². The molecule has 0 bridgehead atoms. The number of carbonyl (C=O) groups excluding carboxylic acids is 1. The molecule has 1 fully saturated rings. The van der Waals surface area contributed by atoms with Crippen molar-refractivity contribution in [2.24, 2.45) is 0 Å². The molecule has 4 rings (SSSR count). The van der Waals surface area contributed by atoms with Gasteiger partial charge in [0.2, 0.25) is 15.9 Å². The number of aryl methyl sites for hydroxylation is 2. The zero-order valence-corrected chi connectivity index (χ0v) is 17.2.